The van der Waals surface area contributed by atoms with Crippen molar-refractivity contribution < 1.29 is 14.6 Å². The summed E-state index contributed by atoms with van der Waals surface area (Å²) in [7, 11) is 1.66. The Bertz CT molecular complexity index is 175. The molecule has 0 heterocycles. The van der Waals surface area contributed by atoms with E-state index in [0.29, 0.717) is 6.42 Å². The molecule has 0 aliphatic carbocycles. The van der Waals surface area contributed by atoms with Crippen molar-refractivity contribution in [2.24, 2.45) is 0 Å². The molecule has 0 radical (unpaired) electrons. The van der Waals surface area contributed by atoms with Gasteiger partial charge in [0, 0.05) is 12.7 Å². The molecule has 0 bridgehead atoms. The molecule has 1 atom stereocenters. The predicted molar refractivity (Wildman–Crippen MR) is 51.7 cm³/mol. The Balaban J connectivity index is 3.71. The first-order valence-electron chi connectivity index (χ1n) is 4.55. The smallest absolute Gasteiger partial charge is 0.330 e. The first-order chi connectivity index (χ1) is 6.11. The molecule has 0 rings (SSSR count). The highest BCUT2D eigenvalue weighted by molar-refractivity contribution is 5.85. The maximum Gasteiger partial charge on any atom is 0.330 e. The van der Waals surface area contributed by atoms with Crippen molar-refractivity contribution in [3.05, 3.63) is 12.2 Å². The summed E-state index contributed by atoms with van der Waals surface area (Å²) in [5.41, 5.74) is 0.262. The Morgan fingerprint density at radius 3 is 2.54 bits per heavy atom. The monoisotopic (exact) mass is 186 g/mol. The second-order valence-electron chi connectivity index (χ2n) is 3.09. The van der Waals surface area contributed by atoms with Crippen molar-refractivity contribution in [1.82, 2.24) is 0 Å². The Labute approximate surface area is 79.4 Å². The number of hydrogen-bond donors (Lipinski definition) is 1. The van der Waals surface area contributed by atoms with Crippen LogP contribution >= 0.6 is 0 Å². The number of methoxy groups -OCH3 is 1. The van der Waals surface area contributed by atoms with Gasteiger partial charge in [0.15, 0.2) is 0 Å². The van der Waals surface area contributed by atoms with Crippen LogP contribution in [0.25, 0.3) is 0 Å². The zero-order valence-electron chi connectivity index (χ0n) is 8.38. The molecule has 76 valence electrons. The van der Waals surface area contributed by atoms with Crippen LogP contribution in [0.15, 0.2) is 12.2 Å². The minimum absolute atomic E-state index is 0.168. The summed E-state index contributed by atoms with van der Waals surface area (Å²) in [5.74, 6) is -0.911. The van der Waals surface area contributed by atoms with E-state index < -0.39 is 5.97 Å². The normalized spacial score (nSPS) is 12.5. The number of rotatable bonds is 7. The predicted octanol–water partition coefficient (Wildman–Crippen LogP) is 2.22. The lowest BCUT2D eigenvalue weighted by molar-refractivity contribution is -0.132. The largest absolute Gasteiger partial charge is 0.478 e. The van der Waals surface area contributed by atoms with Crippen molar-refractivity contribution in [1.29, 1.82) is 0 Å². The molecular formula is C10H18O3. The van der Waals surface area contributed by atoms with Gasteiger partial charge in [-0.25, -0.2) is 4.79 Å². The van der Waals surface area contributed by atoms with Gasteiger partial charge in [-0.3, -0.25) is 0 Å². The zero-order chi connectivity index (χ0) is 10.3. The summed E-state index contributed by atoms with van der Waals surface area (Å²) in [4.78, 5) is 10.4. The molecule has 0 aliphatic rings. The van der Waals surface area contributed by atoms with Crippen LogP contribution in [0, 0.1) is 0 Å². The number of ether oxygens (including phenoxy) is 1. The third-order valence-corrected chi connectivity index (χ3v) is 2.01. The number of hydrogen-bond acceptors (Lipinski definition) is 2. The van der Waals surface area contributed by atoms with E-state index in [1.54, 1.807) is 7.11 Å². The first-order valence-corrected chi connectivity index (χ1v) is 4.55. The fourth-order valence-electron chi connectivity index (χ4n) is 1.14. The molecule has 0 saturated carbocycles. The standard InChI is InChI=1S/C10H18O3/c1-4-5-9(13-3)7-6-8(2)10(11)12/h9H,2,4-7H2,1,3H3,(H,11,12). The maximum absolute atomic E-state index is 10.4. The molecule has 1 N–H and O–H groups in total. The summed E-state index contributed by atoms with van der Waals surface area (Å²) in [6.45, 7) is 5.55. The molecule has 0 aromatic heterocycles. The van der Waals surface area contributed by atoms with Gasteiger partial charge >= 0.3 is 5.97 Å². The van der Waals surface area contributed by atoms with Gasteiger partial charge in [-0.1, -0.05) is 19.9 Å². The molecule has 0 saturated heterocycles. The van der Waals surface area contributed by atoms with Crippen molar-refractivity contribution in [2.45, 2.75) is 38.7 Å². The third-order valence-electron chi connectivity index (χ3n) is 2.01. The lowest BCUT2D eigenvalue weighted by Crippen LogP contribution is -2.11. The van der Waals surface area contributed by atoms with E-state index in [-0.39, 0.29) is 11.7 Å². The molecule has 3 heteroatoms. The fraction of sp³-hybridized carbons (Fsp3) is 0.700. The Kier molecular flexibility index (Phi) is 6.24. The quantitative estimate of drug-likeness (QED) is 0.620. The minimum atomic E-state index is -0.911. The first kappa shape index (κ1) is 12.2. The molecule has 3 nitrogen and oxygen atoms in total. The number of carboxylic acids is 1. The molecule has 0 aromatic carbocycles. The van der Waals surface area contributed by atoms with E-state index in [1.165, 1.54) is 0 Å². The summed E-state index contributed by atoms with van der Waals surface area (Å²) >= 11 is 0. The van der Waals surface area contributed by atoms with Crippen molar-refractivity contribution >= 4 is 5.97 Å². The van der Waals surface area contributed by atoms with Crippen molar-refractivity contribution in [3.8, 4) is 0 Å². The number of carbonyl (C=O) groups is 1. The molecule has 0 amide bonds. The second kappa shape index (κ2) is 6.66. The Hall–Kier alpha value is -0.830. The van der Waals surface area contributed by atoms with E-state index in [9.17, 15) is 4.79 Å². The lowest BCUT2D eigenvalue weighted by atomic mass is 10.1. The minimum Gasteiger partial charge on any atom is -0.478 e. The highest BCUT2D eigenvalue weighted by Crippen LogP contribution is 2.12. The van der Waals surface area contributed by atoms with Gasteiger partial charge < -0.3 is 9.84 Å². The van der Waals surface area contributed by atoms with Gasteiger partial charge in [0.2, 0.25) is 0 Å². The van der Waals surface area contributed by atoms with Crippen molar-refractivity contribution in [3.63, 3.8) is 0 Å². The van der Waals surface area contributed by atoms with Crippen LogP contribution in [0.5, 0.6) is 0 Å². The zero-order valence-corrected chi connectivity index (χ0v) is 8.38. The highest BCUT2D eigenvalue weighted by atomic mass is 16.5. The average Bonchev–Trinajstić information content (AvgIpc) is 2.11. The van der Waals surface area contributed by atoms with E-state index in [2.05, 4.69) is 13.5 Å². The van der Waals surface area contributed by atoms with Crippen LogP contribution in [0.1, 0.15) is 32.6 Å². The summed E-state index contributed by atoms with van der Waals surface area (Å²) < 4.78 is 5.19. The van der Waals surface area contributed by atoms with Crippen molar-refractivity contribution in [2.75, 3.05) is 7.11 Å². The van der Waals surface area contributed by atoms with E-state index in [0.717, 1.165) is 19.3 Å². The van der Waals surface area contributed by atoms with Crippen LogP contribution in [-0.2, 0) is 9.53 Å². The average molecular weight is 186 g/mol. The van der Waals surface area contributed by atoms with Gasteiger partial charge in [0.05, 0.1) is 6.10 Å². The molecule has 0 spiro atoms. The number of aliphatic carboxylic acids is 1. The highest BCUT2D eigenvalue weighted by Gasteiger charge is 2.09. The molecular weight excluding hydrogens is 168 g/mol. The molecule has 0 aliphatic heterocycles. The fourth-order valence-corrected chi connectivity index (χ4v) is 1.14. The SMILES string of the molecule is C=C(CCC(CCC)OC)C(=O)O. The van der Waals surface area contributed by atoms with Gasteiger partial charge in [-0.15, -0.1) is 0 Å². The molecule has 0 aromatic rings. The molecule has 0 fully saturated rings. The molecule has 13 heavy (non-hydrogen) atoms. The summed E-state index contributed by atoms with van der Waals surface area (Å²) in [6, 6.07) is 0. The maximum atomic E-state index is 10.4. The third kappa shape index (κ3) is 5.42. The van der Waals surface area contributed by atoms with E-state index in [4.69, 9.17) is 9.84 Å². The lowest BCUT2D eigenvalue weighted by Gasteiger charge is -2.13. The van der Waals surface area contributed by atoms with Gasteiger partial charge in [0.25, 0.3) is 0 Å². The van der Waals surface area contributed by atoms with Crippen LogP contribution in [0.3, 0.4) is 0 Å². The van der Waals surface area contributed by atoms with Crippen LogP contribution < -0.4 is 0 Å². The van der Waals surface area contributed by atoms with E-state index in [1.807, 2.05) is 0 Å². The summed E-state index contributed by atoms with van der Waals surface area (Å²) in [6.07, 6.45) is 3.45. The Morgan fingerprint density at radius 1 is 1.54 bits per heavy atom. The van der Waals surface area contributed by atoms with Gasteiger partial charge in [-0.05, 0) is 19.3 Å². The number of carboxylic acid groups (broad SMARTS) is 1. The van der Waals surface area contributed by atoms with Crippen LogP contribution in [-0.4, -0.2) is 24.3 Å². The summed E-state index contributed by atoms with van der Waals surface area (Å²) in [5, 5.41) is 8.56. The van der Waals surface area contributed by atoms with Crippen LogP contribution in [0.4, 0.5) is 0 Å². The van der Waals surface area contributed by atoms with Gasteiger partial charge in [0.1, 0.15) is 0 Å². The molecule has 1 unspecified atom stereocenters. The van der Waals surface area contributed by atoms with E-state index >= 15 is 0 Å². The second-order valence-corrected chi connectivity index (χ2v) is 3.09. The topological polar surface area (TPSA) is 46.5 Å². The van der Waals surface area contributed by atoms with Crippen LogP contribution in [0.2, 0.25) is 0 Å². The van der Waals surface area contributed by atoms with Gasteiger partial charge in [-0.2, -0.15) is 0 Å². The Morgan fingerprint density at radius 2 is 2.15 bits per heavy atom.